The smallest absolute Gasteiger partial charge is 0.220 e. The number of carbonyl (C=O) groups is 1. The highest BCUT2D eigenvalue weighted by atomic mass is 16.3. The van der Waals surface area contributed by atoms with E-state index in [4.69, 9.17) is 5.73 Å². The number of piperidine rings is 1. The fraction of sp³-hybridized carbons (Fsp3) is 0.588. The molecule has 0 aromatic heterocycles. The predicted octanol–water partition coefficient (Wildman–Crippen LogP) is 1.87. The Morgan fingerprint density at radius 3 is 2.48 bits per heavy atom. The third kappa shape index (κ3) is 4.55. The van der Waals surface area contributed by atoms with Crippen LogP contribution in [0.2, 0.25) is 0 Å². The first-order chi connectivity index (χ1) is 10.1. The van der Waals surface area contributed by atoms with Gasteiger partial charge in [0.15, 0.2) is 0 Å². The van der Waals surface area contributed by atoms with Gasteiger partial charge < -0.3 is 15.7 Å². The van der Waals surface area contributed by atoms with E-state index in [2.05, 4.69) is 24.0 Å². The average molecular weight is 290 g/mol. The van der Waals surface area contributed by atoms with Gasteiger partial charge >= 0.3 is 0 Å². The first-order valence-corrected chi connectivity index (χ1v) is 7.88. The summed E-state index contributed by atoms with van der Waals surface area (Å²) in [5, 5.41) is 10.3. The molecule has 116 valence electrons. The molecule has 3 N–H and O–H groups in total. The second-order valence-corrected chi connectivity index (χ2v) is 5.92. The number of likely N-dealkylation sites (tertiary alicyclic amines) is 1. The zero-order valence-electron chi connectivity index (χ0n) is 12.8. The lowest BCUT2D eigenvalue weighted by atomic mass is 9.96. The monoisotopic (exact) mass is 290 g/mol. The van der Waals surface area contributed by atoms with Crippen LogP contribution >= 0.6 is 0 Å². The minimum Gasteiger partial charge on any atom is -0.388 e. The molecule has 1 heterocycles. The number of rotatable bonds is 6. The highest BCUT2D eigenvalue weighted by Gasteiger charge is 2.23. The third-order valence-electron chi connectivity index (χ3n) is 4.48. The predicted molar refractivity (Wildman–Crippen MR) is 83.8 cm³/mol. The number of amides is 1. The van der Waals surface area contributed by atoms with Crippen molar-refractivity contribution in [3.8, 4) is 0 Å². The van der Waals surface area contributed by atoms with E-state index in [-0.39, 0.29) is 11.8 Å². The van der Waals surface area contributed by atoms with Gasteiger partial charge in [0.25, 0.3) is 0 Å². The van der Waals surface area contributed by atoms with Crippen LogP contribution in [0.25, 0.3) is 0 Å². The molecule has 1 atom stereocenters. The van der Waals surface area contributed by atoms with Crippen molar-refractivity contribution in [2.24, 2.45) is 11.7 Å². The van der Waals surface area contributed by atoms with Gasteiger partial charge in [-0.3, -0.25) is 4.79 Å². The topological polar surface area (TPSA) is 66.6 Å². The van der Waals surface area contributed by atoms with E-state index in [1.54, 1.807) is 0 Å². The average Bonchev–Trinajstić information content (AvgIpc) is 2.53. The summed E-state index contributed by atoms with van der Waals surface area (Å²) in [4.78, 5) is 13.4. The molecule has 0 aliphatic carbocycles. The minimum absolute atomic E-state index is 0.0350. The summed E-state index contributed by atoms with van der Waals surface area (Å²) in [6.07, 6.45) is 3.02. The summed E-state index contributed by atoms with van der Waals surface area (Å²) in [6.45, 7) is 4.79. The number of carbonyl (C=O) groups excluding carboxylic acids is 1. The number of benzene rings is 1. The van der Waals surface area contributed by atoms with E-state index < -0.39 is 6.10 Å². The second kappa shape index (κ2) is 7.57. The van der Waals surface area contributed by atoms with Gasteiger partial charge in [0.05, 0.1) is 6.10 Å². The molecule has 1 fully saturated rings. The van der Waals surface area contributed by atoms with Crippen LogP contribution in [0, 0.1) is 5.92 Å². The molecular formula is C17H26N2O2. The van der Waals surface area contributed by atoms with E-state index >= 15 is 0 Å². The molecule has 4 heteroatoms. The first kappa shape index (κ1) is 16.0. The maximum atomic E-state index is 11.1. The van der Waals surface area contributed by atoms with Gasteiger partial charge in [-0.15, -0.1) is 0 Å². The number of primary amides is 1. The van der Waals surface area contributed by atoms with Crippen LogP contribution in [-0.4, -0.2) is 35.5 Å². The van der Waals surface area contributed by atoms with Gasteiger partial charge in [0, 0.05) is 12.5 Å². The van der Waals surface area contributed by atoms with Crippen molar-refractivity contribution in [1.82, 2.24) is 4.90 Å². The number of aryl methyl sites for hydroxylation is 1. The molecule has 1 unspecified atom stereocenters. The van der Waals surface area contributed by atoms with Crippen molar-refractivity contribution in [3.63, 3.8) is 0 Å². The van der Waals surface area contributed by atoms with Crippen molar-refractivity contribution in [3.05, 3.63) is 35.4 Å². The van der Waals surface area contributed by atoms with E-state index in [1.807, 2.05) is 12.1 Å². The molecule has 2 rings (SSSR count). The van der Waals surface area contributed by atoms with Crippen LogP contribution in [0.1, 0.15) is 43.4 Å². The molecule has 0 spiro atoms. The number of aliphatic hydroxyl groups excluding tert-OH is 1. The Morgan fingerprint density at radius 2 is 1.95 bits per heavy atom. The number of hydrogen-bond acceptors (Lipinski definition) is 3. The molecule has 1 saturated heterocycles. The zero-order chi connectivity index (χ0) is 15.2. The lowest BCUT2D eigenvalue weighted by Gasteiger charge is -2.31. The lowest BCUT2D eigenvalue weighted by Crippen LogP contribution is -2.39. The molecule has 1 amide bonds. The maximum absolute atomic E-state index is 11.1. The van der Waals surface area contributed by atoms with Crippen molar-refractivity contribution in [1.29, 1.82) is 0 Å². The summed E-state index contributed by atoms with van der Waals surface area (Å²) in [5.74, 6) is -0.140. The standard InChI is InChI=1S/C17H26N2O2/c1-2-13-3-5-14(6-4-13)16(20)9-12-19-10-7-15(8-11-19)17(18)21/h3-6,15-16,20H,2,7-12H2,1H3,(H2,18,21). The number of hydrogen-bond donors (Lipinski definition) is 2. The van der Waals surface area contributed by atoms with E-state index in [1.165, 1.54) is 5.56 Å². The molecule has 0 saturated carbocycles. The molecular weight excluding hydrogens is 264 g/mol. The Labute approximate surface area is 126 Å². The van der Waals surface area contributed by atoms with Crippen LogP contribution < -0.4 is 5.73 Å². The molecule has 0 bridgehead atoms. The van der Waals surface area contributed by atoms with Crippen molar-refractivity contribution >= 4 is 5.91 Å². The maximum Gasteiger partial charge on any atom is 0.220 e. The fourth-order valence-corrected chi connectivity index (χ4v) is 2.89. The fourth-order valence-electron chi connectivity index (χ4n) is 2.89. The van der Waals surface area contributed by atoms with E-state index in [0.29, 0.717) is 0 Å². The van der Waals surface area contributed by atoms with Crippen molar-refractivity contribution in [2.75, 3.05) is 19.6 Å². The second-order valence-electron chi connectivity index (χ2n) is 5.92. The van der Waals surface area contributed by atoms with Crippen molar-refractivity contribution in [2.45, 2.75) is 38.7 Å². The SMILES string of the molecule is CCc1ccc(C(O)CCN2CCC(C(N)=O)CC2)cc1. The highest BCUT2D eigenvalue weighted by molar-refractivity contribution is 5.76. The Kier molecular flexibility index (Phi) is 5.76. The summed E-state index contributed by atoms with van der Waals surface area (Å²) < 4.78 is 0. The van der Waals surface area contributed by atoms with Gasteiger partial charge in [-0.05, 0) is 49.9 Å². The molecule has 1 aliphatic heterocycles. The molecule has 1 aromatic rings. The number of nitrogens with zero attached hydrogens (tertiary/aromatic N) is 1. The van der Waals surface area contributed by atoms with Gasteiger partial charge in [-0.1, -0.05) is 31.2 Å². The normalized spacial score (nSPS) is 18.6. The van der Waals surface area contributed by atoms with Crippen LogP contribution in [-0.2, 0) is 11.2 Å². The largest absolute Gasteiger partial charge is 0.388 e. The molecule has 1 aromatic carbocycles. The minimum atomic E-state index is -0.412. The lowest BCUT2D eigenvalue weighted by molar-refractivity contribution is -0.123. The zero-order valence-corrected chi connectivity index (χ0v) is 12.8. The summed E-state index contributed by atoms with van der Waals surface area (Å²) in [5.41, 5.74) is 7.61. The number of aliphatic hydroxyl groups is 1. The molecule has 1 aliphatic rings. The highest BCUT2D eigenvalue weighted by Crippen LogP contribution is 2.21. The van der Waals surface area contributed by atoms with Gasteiger partial charge in [0.1, 0.15) is 0 Å². The Balaban J connectivity index is 1.76. The summed E-state index contributed by atoms with van der Waals surface area (Å²) >= 11 is 0. The van der Waals surface area contributed by atoms with E-state index in [9.17, 15) is 9.90 Å². The van der Waals surface area contributed by atoms with Gasteiger partial charge in [0.2, 0.25) is 5.91 Å². The summed E-state index contributed by atoms with van der Waals surface area (Å²) in [6, 6.07) is 8.19. The van der Waals surface area contributed by atoms with Crippen molar-refractivity contribution < 1.29 is 9.90 Å². The quantitative estimate of drug-likeness (QED) is 0.840. The Morgan fingerprint density at radius 1 is 1.33 bits per heavy atom. The van der Waals surface area contributed by atoms with Crippen LogP contribution in [0.5, 0.6) is 0 Å². The first-order valence-electron chi connectivity index (χ1n) is 7.88. The van der Waals surface area contributed by atoms with Gasteiger partial charge in [-0.2, -0.15) is 0 Å². The molecule has 21 heavy (non-hydrogen) atoms. The summed E-state index contributed by atoms with van der Waals surface area (Å²) in [7, 11) is 0. The Hall–Kier alpha value is -1.39. The van der Waals surface area contributed by atoms with E-state index in [0.717, 1.165) is 50.9 Å². The van der Waals surface area contributed by atoms with Crippen LogP contribution in [0.15, 0.2) is 24.3 Å². The van der Waals surface area contributed by atoms with Crippen LogP contribution in [0.3, 0.4) is 0 Å². The number of nitrogens with two attached hydrogens (primary N) is 1. The Bertz CT molecular complexity index is 450. The van der Waals surface area contributed by atoms with Gasteiger partial charge in [-0.25, -0.2) is 0 Å². The van der Waals surface area contributed by atoms with Crippen LogP contribution in [0.4, 0.5) is 0 Å². The molecule has 0 radical (unpaired) electrons. The third-order valence-corrected chi connectivity index (χ3v) is 4.48. The molecule has 4 nitrogen and oxygen atoms in total.